The van der Waals surface area contributed by atoms with Gasteiger partial charge in [-0.05, 0) is 42.2 Å². The van der Waals surface area contributed by atoms with Gasteiger partial charge in [-0.25, -0.2) is 9.37 Å². The molecule has 4 rings (SSSR count). The summed E-state index contributed by atoms with van der Waals surface area (Å²) >= 11 is 0. The molecule has 126 valence electrons. The average molecular weight is 327 g/mol. The molecular formula is C19H22FN3O. The molecule has 4 nitrogen and oxygen atoms in total. The molecule has 24 heavy (non-hydrogen) atoms. The number of rotatable bonds is 5. The lowest BCUT2D eigenvalue weighted by atomic mass is 10.0. The molecule has 0 unspecified atom stereocenters. The Morgan fingerprint density at radius 3 is 2.67 bits per heavy atom. The van der Waals surface area contributed by atoms with Crippen LogP contribution < -0.4 is 10.2 Å². The van der Waals surface area contributed by atoms with Gasteiger partial charge in [0.25, 0.3) is 0 Å². The number of halogens is 1. The zero-order valence-corrected chi connectivity index (χ0v) is 13.7. The van der Waals surface area contributed by atoms with Crippen LogP contribution in [-0.4, -0.2) is 31.3 Å². The lowest BCUT2D eigenvalue weighted by Crippen LogP contribution is -2.36. The minimum absolute atomic E-state index is 0.0645. The minimum atomic E-state index is -0.169. The second kappa shape index (κ2) is 6.49. The van der Waals surface area contributed by atoms with Crippen molar-refractivity contribution < 1.29 is 9.13 Å². The van der Waals surface area contributed by atoms with Gasteiger partial charge in [0.1, 0.15) is 11.6 Å². The maximum absolute atomic E-state index is 13.5. The number of nitrogens with one attached hydrogen (secondary N) is 1. The van der Waals surface area contributed by atoms with Crippen LogP contribution in [0.4, 0.5) is 10.2 Å². The molecule has 0 spiro atoms. The number of pyridine rings is 1. The van der Waals surface area contributed by atoms with E-state index >= 15 is 0 Å². The van der Waals surface area contributed by atoms with Crippen molar-refractivity contribution in [3.05, 3.63) is 59.5 Å². The summed E-state index contributed by atoms with van der Waals surface area (Å²) < 4.78 is 18.8. The van der Waals surface area contributed by atoms with E-state index in [0.717, 1.165) is 62.6 Å². The summed E-state index contributed by atoms with van der Waals surface area (Å²) in [6.45, 7) is 4.07. The van der Waals surface area contributed by atoms with Crippen molar-refractivity contribution in [2.45, 2.75) is 24.9 Å². The highest BCUT2D eigenvalue weighted by Gasteiger charge is 2.43. The summed E-state index contributed by atoms with van der Waals surface area (Å²) in [7, 11) is 0. The third-order valence-electron chi connectivity index (χ3n) is 4.90. The number of benzene rings is 1. The quantitative estimate of drug-likeness (QED) is 0.916. The van der Waals surface area contributed by atoms with Crippen LogP contribution in [0.2, 0.25) is 0 Å². The number of nitrogens with zero attached hydrogens (tertiary/aromatic N) is 2. The van der Waals surface area contributed by atoms with Crippen molar-refractivity contribution in [2.75, 3.05) is 31.2 Å². The van der Waals surface area contributed by atoms with Crippen LogP contribution >= 0.6 is 0 Å². The lowest BCUT2D eigenvalue weighted by molar-refractivity contribution is 0.122. The Hall–Kier alpha value is -1.98. The molecule has 1 saturated heterocycles. The van der Waals surface area contributed by atoms with E-state index in [4.69, 9.17) is 4.74 Å². The Labute approximate surface area is 141 Å². The van der Waals surface area contributed by atoms with Crippen LogP contribution in [0.3, 0.4) is 0 Å². The Morgan fingerprint density at radius 2 is 2.00 bits per heavy atom. The maximum Gasteiger partial charge on any atom is 0.128 e. The van der Waals surface area contributed by atoms with Crippen molar-refractivity contribution in [1.29, 1.82) is 0 Å². The molecule has 1 aromatic heterocycles. The molecule has 0 amide bonds. The van der Waals surface area contributed by atoms with Gasteiger partial charge in [-0.2, -0.15) is 0 Å². The number of anilines is 1. The zero-order valence-electron chi connectivity index (χ0n) is 13.7. The molecular weight excluding hydrogens is 305 g/mol. The third-order valence-corrected chi connectivity index (χ3v) is 4.90. The molecule has 1 saturated carbocycles. The Bertz CT molecular complexity index is 694. The SMILES string of the molecule is Fc1cccc(C2(NCc3ccc(N4CCOCC4)nc3)CC2)c1. The van der Waals surface area contributed by atoms with E-state index < -0.39 is 0 Å². The zero-order chi connectivity index (χ0) is 16.4. The first-order valence-electron chi connectivity index (χ1n) is 8.54. The Morgan fingerprint density at radius 1 is 1.17 bits per heavy atom. The molecule has 2 heterocycles. The molecule has 5 heteroatoms. The van der Waals surface area contributed by atoms with Crippen molar-refractivity contribution in [3.8, 4) is 0 Å². The molecule has 0 atom stereocenters. The summed E-state index contributed by atoms with van der Waals surface area (Å²) in [4.78, 5) is 6.83. The molecule has 1 aliphatic carbocycles. The van der Waals surface area contributed by atoms with Crippen LogP contribution in [0.25, 0.3) is 0 Å². The molecule has 2 aliphatic rings. The maximum atomic E-state index is 13.5. The van der Waals surface area contributed by atoms with E-state index in [1.165, 1.54) is 6.07 Å². The molecule has 2 fully saturated rings. The van der Waals surface area contributed by atoms with Gasteiger partial charge in [-0.1, -0.05) is 18.2 Å². The third kappa shape index (κ3) is 3.28. The van der Waals surface area contributed by atoms with Gasteiger partial charge in [0.15, 0.2) is 0 Å². The van der Waals surface area contributed by atoms with Crippen molar-refractivity contribution in [1.82, 2.24) is 10.3 Å². The summed E-state index contributed by atoms with van der Waals surface area (Å²) in [5.41, 5.74) is 2.13. The highest BCUT2D eigenvalue weighted by Crippen LogP contribution is 2.45. The van der Waals surface area contributed by atoms with Gasteiger partial charge in [0.2, 0.25) is 0 Å². The lowest BCUT2D eigenvalue weighted by Gasteiger charge is -2.27. The molecule has 1 N–H and O–H groups in total. The fourth-order valence-corrected chi connectivity index (χ4v) is 3.25. The van der Waals surface area contributed by atoms with Crippen LogP contribution in [0.15, 0.2) is 42.6 Å². The number of ether oxygens (including phenoxy) is 1. The number of morpholine rings is 1. The summed E-state index contributed by atoms with van der Waals surface area (Å²) in [5, 5.41) is 3.59. The smallest absolute Gasteiger partial charge is 0.128 e. The van der Waals surface area contributed by atoms with Gasteiger partial charge >= 0.3 is 0 Å². The molecule has 0 bridgehead atoms. The van der Waals surface area contributed by atoms with Crippen molar-refractivity contribution in [2.24, 2.45) is 0 Å². The molecule has 0 radical (unpaired) electrons. The van der Waals surface area contributed by atoms with Crippen LogP contribution in [0.5, 0.6) is 0 Å². The van der Waals surface area contributed by atoms with E-state index in [1.807, 2.05) is 12.3 Å². The first-order chi connectivity index (χ1) is 11.8. The number of hydrogen-bond acceptors (Lipinski definition) is 4. The largest absolute Gasteiger partial charge is 0.378 e. The monoisotopic (exact) mass is 327 g/mol. The average Bonchev–Trinajstić information content (AvgIpc) is 3.43. The predicted molar refractivity (Wildman–Crippen MR) is 91.4 cm³/mol. The van der Waals surface area contributed by atoms with Gasteiger partial charge in [0.05, 0.1) is 13.2 Å². The number of aromatic nitrogens is 1. The molecule has 1 aromatic carbocycles. The summed E-state index contributed by atoms with van der Waals surface area (Å²) in [6, 6.07) is 11.1. The normalized spacial score (nSPS) is 19.3. The van der Waals surface area contributed by atoms with E-state index in [0.29, 0.717) is 0 Å². The van der Waals surface area contributed by atoms with Gasteiger partial charge < -0.3 is 15.0 Å². The first kappa shape index (κ1) is 15.5. The van der Waals surface area contributed by atoms with E-state index in [-0.39, 0.29) is 11.4 Å². The second-order valence-electron chi connectivity index (χ2n) is 6.57. The fourth-order valence-electron chi connectivity index (χ4n) is 3.25. The van der Waals surface area contributed by atoms with E-state index in [2.05, 4.69) is 27.3 Å². The standard InChI is InChI=1S/C19H22FN3O/c20-17-3-1-2-16(12-17)19(6-7-19)22-14-15-4-5-18(21-13-15)23-8-10-24-11-9-23/h1-5,12-13,22H,6-11,14H2. The van der Waals surface area contributed by atoms with Gasteiger partial charge in [0, 0.05) is 31.4 Å². The summed E-state index contributed by atoms with van der Waals surface area (Å²) in [6.07, 6.45) is 4.03. The highest BCUT2D eigenvalue weighted by atomic mass is 19.1. The highest BCUT2D eigenvalue weighted by molar-refractivity contribution is 5.40. The van der Waals surface area contributed by atoms with Crippen molar-refractivity contribution in [3.63, 3.8) is 0 Å². The Balaban J connectivity index is 1.39. The Kier molecular flexibility index (Phi) is 4.21. The predicted octanol–water partition coefficient (Wildman–Crippen LogP) is 2.84. The fraction of sp³-hybridized carbons (Fsp3) is 0.421. The van der Waals surface area contributed by atoms with Crippen molar-refractivity contribution >= 4 is 5.82 Å². The van der Waals surface area contributed by atoms with Crippen LogP contribution in [-0.2, 0) is 16.8 Å². The van der Waals surface area contributed by atoms with Gasteiger partial charge in [-0.15, -0.1) is 0 Å². The summed E-state index contributed by atoms with van der Waals surface area (Å²) in [5.74, 6) is 0.838. The first-order valence-corrected chi connectivity index (χ1v) is 8.54. The minimum Gasteiger partial charge on any atom is -0.378 e. The molecule has 1 aliphatic heterocycles. The van der Waals surface area contributed by atoms with Crippen LogP contribution in [0, 0.1) is 5.82 Å². The van der Waals surface area contributed by atoms with E-state index in [9.17, 15) is 4.39 Å². The number of hydrogen-bond donors (Lipinski definition) is 1. The van der Waals surface area contributed by atoms with Gasteiger partial charge in [-0.3, -0.25) is 0 Å². The second-order valence-corrected chi connectivity index (χ2v) is 6.57. The topological polar surface area (TPSA) is 37.4 Å². The van der Waals surface area contributed by atoms with E-state index in [1.54, 1.807) is 12.1 Å². The molecule has 2 aromatic rings. The van der Waals surface area contributed by atoms with Crippen LogP contribution in [0.1, 0.15) is 24.0 Å².